The van der Waals surface area contributed by atoms with Crippen LogP contribution in [0.3, 0.4) is 0 Å². The Morgan fingerprint density at radius 3 is 2.75 bits per heavy atom. The quantitative estimate of drug-likeness (QED) is 0.894. The molecule has 1 aromatic heterocycles. The van der Waals surface area contributed by atoms with E-state index in [9.17, 15) is 4.39 Å². The molecule has 1 atom stereocenters. The fourth-order valence-corrected chi connectivity index (χ4v) is 2.25. The minimum absolute atomic E-state index is 0.107. The molecule has 20 heavy (non-hydrogen) atoms. The smallest absolute Gasteiger partial charge is 0.145 e. The van der Waals surface area contributed by atoms with Crippen LogP contribution in [0.15, 0.2) is 41.1 Å². The summed E-state index contributed by atoms with van der Waals surface area (Å²) in [5.41, 5.74) is 6.93. The SMILES string of the molecule is CCC(N)Cc1cncc(Oc2cc(F)cc(Br)c2)c1. The fourth-order valence-electron chi connectivity index (χ4n) is 1.80. The molecule has 0 saturated carbocycles. The third kappa shape index (κ3) is 4.28. The predicted molar refractivity (Wildman–Crippen MR) is 80.4 cm³/mol. The molecule has 0 amide bonds. The molecule has 0 radical (unpaired) electrons. The van der Waals surface area contributed by atoms with Gasteiger partial charge in [0, 0.05) is 22.8 Å². The van der Waals surface area contributed by atoms with Crippen LogP contribution < -0.4 is 10.5 Å². The van der Waals surface area contributed by atoms with E-state index in [-0.39, 0.29) is 11.9 Å². The second-order valence-electron chi connectivity index (χ2n) is 4.61. The Balaban J connectivity index is 2.15. The third-order valence-electron chi connectivity index (χ3n) is 2.86. The Kier molecular flexibility index (Phi) is 5.09. The van der Waals surface area contributed by atoms with Gasteiger partial charge >= 0.3 is 0 Å². The molecule has 0 saturated heterocycles. The van der Waals surface area contributed by atoms with E-state index in [1.54, 1.807) is 18.5 Å². The van der Waals surface area contributed by atoms with Crippen LogP contribution >= 0.6 is 15.9 Å². The lowest BCUT2D eigenvalue weighted by Gasteiger charge is -2.10. The number of hydrogen-bond acceptors (Lipinski definition) is 3. The minimum Gasteiger partial charge on any atom is -0.456 e. The average molecular weight is 339 g/mol. The predicted octanol–water partition coefficient (Wildman–Crippen LogP) is 4.06. The first-order chi connectivity index (χ1) is 9.56. The molecule has 0 bridgehead atoms. The van der Waals surface area contributed by atoms with Crippen molar-refractivity contribution in [1.82, 2.24) is 4.98 Å². The number of ether oxygens (including phenoxy) is 1. The van der Waals surface area contributed by atoms with Crippen LogP contribution in [-0.4, -0.2) is 11.0 Å². The highest BCUT2D eigenvalue weighted by atomic mass is 79.9. The van der Waals surface area contributed by atoms with Crippen molar-refractivity contribution in [3.8, 4) is 11.5 Å². The van der Waals surface area contributed by atoms with E-state index in [4.69, 9.17) is 10.5 Å². The van der Waals surface area contributed by atoms with Gasteiger partial charge in [-0.3, -0.25) is 4.98 Å². The Bertz CT molecular complexity index is 572. The van der Waals surface area contributed by atoms with Gasteiger partial charge in [-0.05, 0) is 36.6 Å². The van der Waals surface area contributed by atoms with Gasteiger partial charge in [0.1, 0.15) is 17.3 Å². The van der Waals surface area contributed by atoms with Crippen molar-refractivity contribution in [1.29, 1.82) is 0 Å². The molecular formula is C15H16BrFN2O. The maximum atomic E-state index is 13.3. The Morgan fingerprint density at radius 2 is 2.05 bits per heavy atom. The van der Waals surface area contributed by atoms with Gasteiger partial charge in [0.15, 0.2) is 0 Å². The fraction of sp³-hybridized carbons (Fsp3) is 0.267. The van der Waals surface area contributed by atoms with Crippen LogP contribution in [0, 0.1) is 5.82 Å². The highest BCUT2D eigenvalue weighted by Gasteiger charge is 2.06. The molecule has 0 fully saturated rings. The maximum absolute atomic E-state index is 13.3. The maximum Gasteiger partial charge on any atom is 0.145 e. The second kappa shape index (κ2) is 6.81. The zero-order valence-electron chi connectivity index (χ0n) is 11.1. The molecule has 106 valence electrons. The van der Waals surface area contributed by atoms with Crippen molar-refractivity contribution >= 4 is 15.9 Å². The summed E-state index contributed by atoms with van der Waals surface area (Å²) in [6.07, 6.45) is 5.01. The monoisotopic (exact) mass is 338 g/mol. The molecule has 1 aromatic carbocycles. The molecule has 5 heteroatoms. The van der Waals surface area contributed by atoms with E-state index >= 15 is 0 Å². The molecule has 1 unspecified atom stereocenters. The molecule has 0 aliphatic rings. The summed E-state index contributed by atoms with van der Waals surface area (Å²) in [5, 5.41) is 0. The number of halogens is 2. The highest BCUT2D eigenvalue weighted by molar-refractivity contribution is 9.10. The van der Waals surface area contributed by atoms with Crippen molar-refractivity contribution in [2.45, 2.75) is 25.8 Å². The van der Waals surface area contributed by atoms with Crippen LogP contribution in [-0.2, 0) is 6.42 Å². The number of rotatable bonds is 5. The minimum atomic E-state index is -0.355. The average Bonchev–Trinajstić information content (AvgIpc) is 2.37. The molecule has 0 aliphatic carbocycles. The Hall–Kier alpha value is -1.46. The van der Waals surface area contributed by atoms with E-state index in [1.165, 1.54) is 12.1 Å². The number of benzene rings is 1. The van der Waals surface area contributed by atoms with Crippen molar-refractivity contribution < 1.29 is 9.13 Å². The van der Waals surface area contributed by atoms with E-state index in [2.05, 4.69) is 20.9 Å². The number of hydrogen-bond donors (Lipinski definition) is 1. The summed E-state index contributed by atoms with van der Waals surface area (Å²) in [5.74, 6) is 0.644. The van der Waals surface area contributed by atoms with Crippen LogP contribution in [0.1, 0.15) is 18.9 Å². The largest absolute Gasteiger partial charge is 0.456 e. The van der Waals surface area contributed by atoms with Gasteiger partial charge in [-0.2, -0.15) is 0 Å². The molecule has 1 heterocycles. The molecule has 2 rings (SSSR count). The van der Waals surface area contributed by atoms with Gasteiger partial charge in [-0.15, -0.1) is 0 Å². The van der Waals surface area contributed by atoms with E-state index in [1.807, 2.05) is 13.0 Å². The molecule has 0 spiro atoms. The van der Waals surface area contributed by atoms with Crippen LogP contribution in [0.2, 0.25) is 0 Å². The number of nitrogens with two attached hydrogens (primary N) is 1. The molecule has 2 aromatic rings. The van der Waals surface area contributed by atoms with E-state index in [0.717, 1.165) is 18.4 Å². The molecule has 0 aliphatic heterocycles. The first kappa shape index (κ1) is 14.9. The van der Waals surface area contributed by atoms with E-state index < -0.39 is 0 Å². The summed E-state index contributed by atoms with van der Waals surface area (Å²) < 4.78 is 19.5. The highest BCUT2D eigenvalue weighted by Crippen LogP contribution is 2.26. The normalized spacial score (nSPS) is 12.2. The molecule has 2 N–H and O–H groups in total. The Morgan fingerprint density at radius 1 is 1.25 bits per heavy atom. The van der Waals surface area contributed by atoms with E-state index in [0.29, 0.717) is 16.0 Å². The molecular weight excluding hydrogens is 323 g/mol. The second-order valence-corrected chi connectivity index (χ2v) is 5.52. The summed E-state index contributed by atoms with van der Waals surface area (Å²) >= 11 is 3.23. The van der Waals surface area contributed by atoms with Crippen LogP contribution in [0.5, 0.6) is 11.5 Å². The number of nitrogens with zero attached hydrogens (tertiary/aromatic N) is 1. The van der Waals surface area contributed by atoms with Crippen molar-refractivity contribution in [2.75, 3.05) is 0 Å². The third-order valence-corrected chi connectivity index (χ3v) is 3.32. The zero-order valence-corrected chi connectivity index (χ0v) is 12.7. The van der Waals surface area contributed by atoms with Gasteiger partial charge in [0.05, 0.1) is 6.20 Å². The summed E-state index contributed by atoms with van der Waals surface area (Å²) in [7, 11) is 0. The molecule has 3 nitrogen and oxygen atoms in total. The first-order valence-electron chi connectivity index (χ1n) is 6.40. The first-order valence-corrected chi connectivity index (χ1v) is 7.19. The van der Waals surface area contributed by atoms with Crippen molar-refractivity contribution in [3.63, 3.8) is 0 Å². The topological polar surface area (TPSA) is 48.1 Å². The standard InChI is InChI=1S/C15H16BrFN2O/c1-2-13(18)3-10-4-15(9-19-8-10)20-14-6-11(16)5-12(17)7-14/h4-9,13H,2-3,18H2,1H3. The lowest BCUT2D eigenvalue weighted by Crippen LogP contribution is -2.21. The summed E-state index contributed by atoms with van der Waals surface area (Å²) in [6, 6.07) is 6.39. The lowest BCUT2D eigenvalue weighted by molar-refractivity contribution is 0.472. The lowest BCUT2D eigenvalue weighted by atomic mass is 10.1. The van der Waals surface area contributed by atoms with Gasteiger partial charge in [-0.25, -0.2) is 4.39 Å². The summed E-state index contributed by atoms with van der Waals surface area (Å²) in [6.45, 7) is 2.04. The van der Waals surface area contributed by atoms with Gasteiger partial charge in [-0.1, -0.05) is 22.9 Å². The van der Waals surface area contributed by atoms with Gasteiger partial charge < -0.3 is 10.5 Å². The van der Waals surface area contributed by atoms with Crippen LogP contribution in [0.25, 0.3) is 0 Å². The Labute approximate surface area is 126 Å². The van der Waals surface area contributed by atoms with Gasteiger partial charge in [0.25, 0.3) is 0 Å². The summed E-state index contributed by atoms with van der Waals surface area (Å²) in [4.78, 5) is 4.13. The number of pyridine rings is 1. The van der Waals surface area contributed by atoms with Crippen molar-refractivity contribution in [2.24, 2.45) is 5.73 Å². The van der Waals surface area contributed by atoms with Crippen molar-refractivity contribution in [3.05, 3.63) is 52.5 Å². The zero-order chi connectivity index (χ0) is 14.5. The number of aromatic nitrogens is 1. The van der Waals surface area contributed by atoms with Gasteiger partial charge in [0.2, 0.25) is 0 Å². The van der Waals surface area contributed by atoms with Crippen LogP contribution in [0.4, 0.5) is 4.39 Å².